The molecule has 0 unspecified atom stereocenters. The van der Waals surface area contributed by atoms with Crippen molar-refractivity contribution in [2.24, 2.45) is 0 Å². The molecule has 70 valence electrons. The average molecular weight is 235 g/mol. The van der Waals surface area contributed by atoms with E-state index in [-0.39, 0.29) is 22.9 Å². The number of hydrogen-bond acceptors (Lipinski definition) is 2. The van der Waals surface area contributed by atoms with E-state index in [2.05, 4.69) is 10.2 Å². The van der Waals surface area contributed by atoms with Gasteiger partial charge in [0.05, 0.1) is 0 Å². The van der Waals surface area contributed by atoms with Crippen LogP contribution in [0, 0.1) is 0 Å². The van der Waals surface area contributed by atoms with Crippen LogP contribution in [0.25, 0.3) is 0 Å². The molecule has 0 bridgehead atoms. The molecule has 0 aliphatic carbocycles. The first kappa shape index (κ1) is 11.6. The van der Waals surface area contributed by atoms with Crippen molar-refractivity contribution in [3.63, 3.8) is 0 Å². The third-order valence-electron chi connectivity index (χ3n) is 1.86. The van der Waals surface area contributed by atoms with Crippen molar-refractivity contribution >= 4 is 22.9 Å². The predicted molar refractivity (Wildman–Crippen MR) is 54.6 cm³/mol. The van der Waals surface area contributed by atoms with Gasteiger partial charge in [0.1, 0.15) is 0 Å². The Morgan fingerprint density at radius 1 is 1.67 bits per heavy atom. The van der Waals surface area contributed by atoms with Crippen molar-refractivity contribution < 1.29 is 4.79 Å². The lowest BCUT2D eigenvalue weighted by Crippen LogP contribution is -2.32. The Hall–Kier alpha value is -0.350. The predicted octanol–water partition coefficient (Wildman–Crippen LogP) is 0.572. The molecule has 12 heavy (non-hydrogen) atoms. The number of nitrogens with one attached hydrogen (secondary N) is 1. The van der Waals surface area contributed by atoms with E-state index >= 15 is 0 Å². The summed E-state index contributed by atoms with van der Waals surface area (Å²) in [4.78, 5) is 13.2. The smallest absolute Gasteiger partial charge is 0.247 e. The molecule has 0 saturated carbocycles. The highest BCUT2D eigenvalue weighted by Gasteiger charge is 2.13. The topological polar surface area (TPSA) is 32.3 Å². The molecular weight excluding hydrogens is 220 g/mol. The number of likely N-dealkylation sites (N-methyl/N-ethyl adjacent to an activating group) is 2. The van der Waals surface area contributed by atoms with Gasteiger partial charge in [-0.05, 0) is 13.5 Å². The van der Waals surface area contributed by atoms with Gasteiger partial charge < -0.3 is 10.2 Å². The Balaban J connectivity index is 0.00000121. The Kier molecular flexibility index (Phi) is 5.17. The molecule has 0 aromatic rings. The first-order chi connectivity index (χ1) is 5.24. The first-order valence-electron chi connectivity index (χ1n) is 3.83. The van der Waals surface area contributed by atoms with E-state index < -0.39 is 0 Å². The van der Waals surface area contributed by atoms with Gasteiger partial charge in [0.25, 0.3) is 0 Å². The van der Waals surface area contributed by atoms with Crippen molar-refractivity contribution in [1.29, 1.82) is 0 Å². The quantitative estimate of drug-likeness (QED) is 0.720. The maximum atomic E-state index is 11.1. The summed E-state index contributed by atoms with van der Waals surface area (Å²) in [7, 11) is 3.69. The summed E-state index contributed by atoms with van der Waals surface area (Å²) < 4.78 is 0. The molecule has 0 aromatic heterocycles. The number of amides is 1. The van der Waals surface area contributed by atoms with Crippen LogP contribution in [0.1, 0.15) is 6.42 Å². The van der Waals surface area contributed by atoms with Crippen molar-refractivity contribution in [2.45, 2.75) is 6.42 Å². The van der Waals surface area contributed by atoms with Gasteiger partial charge in [-0.3, -0.25) is 4.79 Å². The van der Waals surface area contributed by atoms with Crippen molar-refractivity contribution in [2.75, 3.05) is 27.2 Å². The maximum absolute atomic E-state index is 11.1. The number of carbonyl (C=O) groups excluding carboxylic acids is 1. The number of carbonyl (C=O) groups is 1. The summed E-state index contributed by atoms with van der Waals surface area (Å²) in [6.07, 6.45) is 3.00. The summed E-state index contributed by atoms with van der Waals surface area (Å²) >= 11 is 0. The Morgan fingerprint density at radius 2 is 2.33 bits per heavy atom. The summed E-state index contributed by atoms with van der Waals surface area (Å²) in [5.74, 6) is 0.0524. The van der Waals surface area contributed by atoms with Crippen LogP contribution in [0.5, 0.6) is 0 Å². The van der Waals surface area contributed by atoms with Crippen LogP contribution in [0.3, 0.4) is 0 Å². The fourth-order valence-electron chi connectivity index (χ4n) is 1.22. The molecule has 1 heterocycles. The van der Waals surface area contributed by atoms with E-state index in [1.807, 2.05) is 13.1 Å². The first-order valence-corrected chi connectivity index (χ1v) is 3.83. The molecular formula is C8H15BrN2O. The zero-order valence-corrected chi connectivity index (χ0v) is 9.18. The van der Waals surface area contributed by atoms with Gasteiger partial charge in [-0.2, -0.15) is 0 Å². The van der Waals surface area contributed by atoms with Crippen LogP contribution in [-0.2, 0) is 4.79 Å². The van der Waals surface area contributed by atoms with Crippen LogP contribution in [0.4, 0.5) is 0 Å². The molecule has 1 N–H and O–H groups in total. The second kappa shape index (κ2) is 5.32. The summed E-state index contributed by atoms with van der Waals surface area (Å²) in [5.41, 5.74) is 0.890. The van der Waals surface area contributed by atoms with E-state index in [0.717, 1.165) is 25.1 Å². The van der Waals surface area contributed by atoms with Crippen molar-refractivity contribution in [3.8, 4) is 0 Å². The van der Waals surface area contributed by atoms with Gasteiger partial charge >= 0.3 is 0 Å². The minimum absolute atomic E-state index is 0. The summed E-state index contributed by atoms with van der Waals surface area (Å²) in [6.45, 7) is 1.83. The maximum Gasteiger partial charge on any atom is 0.247 e. The minimum atomic E-state index is 0. The Morgan fingerprint density at radius 3 is 2.83 bits per heavy atom. The highest BCUT2D eigenvalue weighted by molar-refractivity contribution is 8.93. The summed E-state index contributed by atoms with van der Waals surface area (Å²) in [6, 6.07) is 0. The molecule has 0 radical (unpaired) electrons. The third-order valence-corrected chi connectivity index (χ3v) is 1.86. The molecule has 1 aliphatic rings. The highest BCUT2D eigenvalue weighted by atomic mass is 79.9. The van der Waals surface area contributed by atoms with Gasteiger partial charge in [-0.1, -0.05) is 6.08 Å². The van der Waals surface area contributed by atoms with Gasteiger partial charge in [-0.25, -0.2) is 0 Å². The van der Waals surface area contributed by atoms with Gasteiger partial charge in [-0.15, -0.1) is 17.0 Å². The van der Waals surface area contributed by atoms with Crippen LogP contribution in [0.2, 0.25) is 0 Å². The molecule has 3 nitrogen and oxygen atoms in total. The summed E-state index contributed by atoms with van der Waals surface area (Å²) in [5, 5.41) is 2.62. The van der Waals surface area contributed by atoms with Crippen LogP contribution in [0.15, 0.2) is 11.6 Å². The Bertz CT molecular complexity index is 191. The molecule has 0 fully saturated rings. The number of rotatable bonds is 1. The second-order valence-corrected chi connectivity index (χ2v) is 2.83. The molecule has 0 saturated heterocycles. The van der Waals surface area contributed by atoms with E-state index in [9.17, 15) is 4.79 Å². The van der Waals surface area contributed by atoms with Crippen molar-refractivity contribution in [3.05, 3.63) is 11.6 Å². The largest absolute Gasteiger partial charge is 0.355 e. The molecule has 4 heteroatoms. The van der Waals surface area contributed by atoms with Gasteiger partial charge in [0.2, 0.25) is 5.91 Å². The molecule has 1 amide bonds. The van der Waals surface area contributed by atoms with E-state index in [0.29, 0.717) is 0 Å². The lowest BCUT2D eigenvalue weighted by Gasteiger charge is -2.21. The minimum Gasteiger partial charge on any atom is -0.355 e. The lowest BCUT2D eigenvalue weighted by atomic mass is 10.1. The zero-order valence-electron chi connectivity index (χ0n) is 7.46. The fourth-order valence-corrected chi connectivity index (χ4v) is 1.22. The Labute approximate surface area is 83.6 Å². The van der Waals surface area contributed by atoms with E-state index in [4.69, 9.17) is 0 Å². The monoisotopic (exact) mass is 234 g/mol. The van der Waals surface area contributed by atoms with Gasteiger partial charge in [0.15, 0.2) is 0 Å². The third kappa shape index (κ3) is 2.95. The van der Waals surface area contributed by atoms with E-state index in [1.54, 1.807) is 7.05 Å². The SMILES string of the molecule is Br.CNC(=O)C1=CCCN(C)C1. The highest BCUT2D eigenvalue weighted by Crippen LogP contribution is 2.06. The van der Waals surface area contributed by atoms with E-state index in [1.165, 1.54) is 0 Å². The normalized spacial score (nSPS) is 17.7. The van der Waals surface area contributed by atoms with Crippen LogP contribution < -0.4 is 5.32 Å². The number of halogens is 1. The molecule has 0 spiro atoms. The second-order valence-electron chi connectivity index (χ2n) is 2.83. The fraction of sp³-hybridized carbons (Fsp3) is 0.625. The average Bonchev–Trinajstić information content (AvgIpc) is 2.03. The lowest BCUT2D eigenvalue weighted by molar-refractivity contribution is -0.117. The molecule has 1 rings (SSSR count). The standard InChI is InChI=1S/C8H14N2O.BrH/c1-9-8(11)7-4-3-5-10(2)6-7;/h4H,3,5-6H2,1-2H3,(H,9,11);1H. The molecule has 1 aliphatic heterocycles. The molecule has 0 aromatic carbocycles. The molecule has 0 atom stereocenters. The zero-order chi connectivity index (χ0) is 8.27. The van der Waals surface area contributed by atoms with Crippen LogP contribution in [-0.4, -0.2) is 38.0 Å². The van der Waals surface area contributed by atoms with Crippen LogP contribution >= 0.6 is 17.0 Å². The van der Waals surface area contributed by atoms with Crippen molar-refractivity contribution in [1.82, 2.24) is 10.2 Å². The number of nitrogens with zero attached hydrogens (tertiary/aromatic N) is 1. The number of hydrogen-bond donors (Lipinski definition) is 1. The van der Waals surface area contributed by atoms with Gasteiger partial charge in [0, 0.05) is 25.7 Å².